The smallest absolute Gasteiger partial charge is 0.412 e. The molecular formula is C30H34N2O5. The standard InChI is InChI=1S/C30H34N2O5/c1-19(2)26-30(20-12-8-6-9-13-20,21-14-10-7-11-15-21)37-28(35)32(26)25-23-17-16-22(18-24(25)33)31(23)27(34)36-29(3,4)5/h6-17,19,22-23,25-26H,18H2,1-5H3/t22-,23+,25-,26-/m0/s1. The number of amides is 2. The van der Waals surface area contributed by atoms with Crippen molar-refractivity contribution in [3.05, 3.63) is 83.9 Å². The van der Waals surface area contributed by atoms with E-state index in [2.05, 4.69) is 0 Å². The Morgan fingerprint density at radius 2 is 1.54 bits per heavy atom. The van der Waals surface area contributed by atoms with Crippen molar-refractivity contribution in [3.63, 3.8) is 0 Å². The van der Waals surface area contributed by atoms with Crippen LogP contribution in [0.4, 0.5) is 9.59 Å². The molecule has 0 radical (unpaired) electrons. The summed E-state index contributed by atoms with van der Waals surface area (Å²) in [5, 5.41) is 0. The highest BCUT2D eigenvalue weighted by molar-refractivity contribution is 5.93. The molecule has 0 spiro atoms. The summed E-state index contributed by atoms with van der Waals surface area (Å²) in [6.45, 7) is 9.51. The van der Waals surface area contributed by atoms with E-state index >= 15 is 0 Å². The van der Waals surface area contributed by atoms with Gasteiger partial charge in [-0.1, -0.05) is 86.7 Å². The summed E-state index contributed by atoms with van der Waals surface area (Å²) in [7, 11) is 0. The highest BCUT2D eigenvalue weighted by atomic mass is 16.6. The number of Topliss-reactive ketones (excluding diaryl/α,β-unsaturated/α-hetero) is 1. The van der Waals surface area contributed by atoms with Crippen LogP contribution in [0, 0.1) is 5.92 Å². The molecule has 5 rings (SSSR count). The molecular weight excluding hydrogens is 468 g/mol. The van der Waals surface area contributed by atoms with Gasteiger partial charge in [0, 0.05) is 17.5 Å². The van der Waals surface area contributed by atoms with Gasteiger partial charge in [0.25, 0.3) is 0 Å². The van der Waals surface area contributed by atoms with Crippen molar-refractivity contribution in [1.29, 1.82) is 0 Å². The topological polar surface area (TPSA) is 76.2 Å². The molecule has 2 aromatic rings. The number of rotatable bonds is 4. The molecule has 2 bridgehead atoms. The molecule has 194 valence electrons. The first-order chi connectivity index (χ1) is 17.5. The zero-order valence-electron chi connectivity index (χ0n) is 22.0. The van der Waals surface area contributed by atoms with Crippen molar-refractivity contribution in [2.75, 3.05) is 0 Å². The quantitative estimate of drug-likeness (QED) is 0.531. The van der Waals surface area contributed by atoms with Crippen LogP contribution in [-0.2, 0) is 19.9 Å². The van der Waals surface area contributed by atoms with Crippen molar-refractivity contribution in [3.8, 4) is 0 Å². The van der Waals surface area contributed by atoms with Crippen molar-refractivity contribution >= 4 is 18.0 Å². The Bertz CT molecular complexity index is 1180. The van der Waals surface area contributed by atoms with Gasteiger partial charge in [-0.05, 0) is 26.7 Å². The minimum absolute atomic E-state index is 0.0715. The van der Waals surface area contributed by atoms with Crippen LogP contribution in [-0.4, -0.2) is 57.5 Å². The van der Waals surface area contributed by atoms with Gasteiger partial charge in [-0.15, -0.1) is 0 Å². The molecule has 2 saturated heterocycles. The fraction of sp³-hybridized carbons (Fsp3) is 0.433. The average molecular weight is 503 g/mol. The lowest BCUT2D eigenvalue weighted by Gasteiger charge is -2.45. The number of carbonyl (C=O) groups is 3. The molecule has 0 saturated carbocycles. The van der Waals surface area contributed by atoms with Crippen molar-refractivity contribution in [2.24, 2.45) is 5.92 Å². The third kappa shape index (κ3) is 4.10. The SMILES string of the molecule is CC(C)[C@@H]1N([C@@H]2C(=O)C[C@@H]3C=C[C@H]2N3C(=O)OC(C)(C)C)C(=O)OC1(c1ccccc1)c1ccccc1. The van der Waals surface area contributed by atoms with E-state index in [4.69, 9.17) is 9.47 Å². The van der Waals surface area contributed by atoms with Gasteiger partial charge in [0.2, 0.25) is 0 Å². The number of nitrogens with zero attached hydrogens (tertiary/aromatic N) is 2. The Hall–Kier alpha value is -3.61. The van der Waals surface area contributed by atoms with E-state index in [-0.39, 0.29) is 24.2 Å². The minimum atomic E-state index is -1.12. The Balaban J connectivity index is 1.62. The van der Waals surface area contributed by atoms with Gasteiger partial charge < -0.3 is 9.47 Å². The Morgan fingerprint density at radius 3 is 2.05 bits per heavy atom. The minimum Gasteiger partial charge on any atom is -0.444 e. The molecule has 0 aliphatic carbocycles. The highest BCUT2D eigenvalue weighted by Gasteiger charge is 2.63. The first kappa shape index (κ1) is 25.1. The summed E-state index contributed by atoms with van der Waals surface area (Å²) >= 11 is 0. The van der Waals surface area contributed by atoms with Crippen molar-refractivity contribution in [2.45, 2.75) is 76.4 Å². The van der Waals surface area contributed by atoms with Crippen LogP contribution in [0.2, 0.25) is 0 Å². The van der Waals surface area contributed by atoms with Crippen LogP contribution >= 0.6 is 0 Å². The molecule has 2 fully saturated rings. The van der Waals surface area contributed by atoms with E-state index in [9.17, 15) is 14.4 Å². The molecule has 2 aromatic carbocycles. The lowest BCUT2D eigenvalue weighted by Crippen LogP contribution is -2.64. The molecule has 3 heterocycles. The lowest BCUT2D eigenvalue weighted by molar-refractivity contribution is -0.130. The van der Waals surface area contributed by atoms with E-state index < -0.39 is 41.5 Å². The number of ketones is 1. The van der Waals surface area contributed by atoms with E-state index in [0.717, 1.165) is 11.1 Å². The Kier molecular flexibility index (Phi) is 6.13. The van der Waals surface area contributed by atoms with E-state index in [1.165, 1.54) is 0 Å². The van der Waals surface area contributed by atoms with Gasteiger partial charge in [0.05, 0.1) is 18.1 Å². The third-order valence-corrected chi connectivity index (χ3v) is 7.39. The lowest BCUT2D eigenvalue weighted by atomic mass is 9.75. The number of cyclic esters (lactones) is 1. The van der Waals surface area contributed by atoms with Gasteiger partial charge in [-0.2, -0.15) is 0 Å². The number of hydrogen-bond acceptors (Lipinski definition) is 5. The maximum Gasteiger partial charge on any atom is 0.412 e. The molecule has 3 aliphatic rings. The van der Waals surface area contributed by atoms with Crippen LogP contribution in [0.15, 0.2) is 72.8 Å². The third-order valence-electron chi connectivity index (χ3n) is 7.39. The van der Waals surface area contributed by atoms with E-state index in [1.807, 2.05) is 107 Å². The molecule has 7 heteroatoms. The number of piperidine rings is 1. The summed E-state index contributed by atoms with van der Waals surface area (Å²) < 4.78 is 12.1. The summed E-state index contributed by atoms with van der Waals surface area (Å²) in [5.74, 6) is -0.155. The molecule has 37 heavy (non-hydrogen) atoms. The molecule has 4 atom stereocenters. The number of benzene rings is 2. The number of ether oxygens (including phenoxy) is 2. The molecule has 7 nitrogen and oxygen atoms in total. The van der Waals surface area contributed by atoms with E-state index in [0.29, 0.717) is 0 Å². The molecule has 3 aliphatic heterocycles. The van der Waals surface area contributed by atoms with Gasteiger partial charge in [0.1, 0.15) is 11.6 Å². The van der Waals surface area contributed by atoms with E-state index in [1.54, 1.807) is 9.80 Å². The maximum atomic E-state index is 13.9. The number of fused-ring (bicyclic) bond motifs is 2. The summed E-state index contributed by atoms with van der Waals surface area (Å²) in [5.41, 5.74) is -0.133. The van der Waals surface area contributed by atoms with Gasteiger partial charge in [-0.3, -0.25) is 14.6 Å². The fourth-order valence-corrected chi connectivity index (χ4v) is 6.12. The van der Waals surface area contributed by atoms with Gasteiger partial charge >= 0.3 is 12.2 Å². The largest absolute Gasteiger partial charge is 0.444 e. The maximum absolute atomic E-state index is 13.9. The first-order valence-electron chi connectivity index (χ1n) is 12.9. The molecule has 0 N–H and O–H groups in total. The monoisotopic (exact) mass is 502 g/mol. The van der Waals surface area contributed by atoms with Crippen LogP contribution in [0.3, 0.4) is 0 Å². The number of hydrogen-bond donors (Lipinski definition) is 0. The first-order valence-corrected chi connectivity index (χ1v) is 12.9. The van der Waals surface area contributed by atoms with Crippen LogP contribution in [0.1, 0.15) is 52.2 Å². The second-order valence-electron chi connectivity index (χ2n) is 11.4. The fourth-order valence-electron chi connectivity index (χ4n) is 6.12. The Labute approximate surface area is 218 Å². The van der Waals surface area contributed by atoms with Crippen LogP contribution in [0.5, 0.6) is 0 Å². The highest BCUT2D eigenvalue weighted by Crippen LogP contribution is 2.49. The van der Waals surface area contributed by atoms with Gasteiger partial charge in [0.15, 0.2) is 11.4 Å². The number of carbonyl (C=O) groups excluding carboxylic acids is 3. The summed E-state index contributed by atoms with van der Waals surface area (Å²) in [6.07, 6.45) is 2.80. The average Bonchev–Trinajstić information content (AvgIpc) is 3.34. The normalized spacial score (nSPS) is 26.5. The zero-order valence-corrected chi connectivity index (χ0v) is 22.0. The second-order valence-corrected chi connectivity index (χ2v) is 11.4. The van der Waals surface area contributed by atoms with Crippen LogP contribution < -0.4 is 0 Å². The predicted molar refractivity (Wildman–Crippen MR) is 139 cm³/mol. The van der Waals surface area contributed by atoms with Crippen molar-refractivity contribution in [1.82, 2.24) is 9.80 Å². The second kappa shape index (κ2) is 9.05. The molecule has 0 unspecified atom stereocenters. The Morgan fingerprint density at radius 1 is 0.973 bits per heavy atom. The summed E-state index contributed by atoms with van der Waals surface area (Å²) in [6, 6.07) is 17.0. The zero-order chi connectivity index (χ0) is 26.5. The van der Waals surface area contributed by atoms with Crippen molar-refractivity contribution < 1.29 is 23.9 Å². The summed E-state index contributed by atoms with van der Waals surface area (Å²) in [4.78, 5) is 43.9. The molecule has 0 aromatic heterocycles. The predicted octanol–water partition coefficient (Wildman–Crippen LogP) is 5.29. The molecule has 2 amide bonds. The van der Waals surface area contributed by atoms with Gasteiger partial charge in [-0.25, -0.2) is 9.59 Å². The van der Waals surface area contributed by atoms with Crippen LogP contribution in [0.25, 0.3) is 0 Å².